The normalized spacial score (nSPS) is 16.4. The Labute approximate surface area is 199 Å². The molecule has 3 heteroatoms. The van der Waals surface area contributed by atoms with Gasteiger partial charge in [0.25, 0.3) is 0 Å². The maximum absolute atomic E-state index is 7.38. The fourth-order valence-corrected chi connectivity index (χ4v) is 17.8. The van der Waals surface area contributed by atoms with Crippen molar-refractivity contribution >= 4 is 24.8 Å². The van der Waals surface area contributed by atoms with Gasteiger partial charge >= 0.3 is 12.6 Å². The first kappa shape index (κ1) is 29.1. The van der Waals surface area contributed by atoms with Crippen molar-refractivity contribution in [2.24, 2.45) is 0 Å². The standard InChI is InChI=1S/C15H30O.2C6H13.2Al/c1-4-7-9-11-13-15(16,6-3)14-12-10-8-5-2;2*1-3-5-6-4-2;;/h3-14H2,1-2H3;2*1,3-6H2,2H3;;/q-1;;;;+1. The van der Waals surface area contributed by atoms with Gasteiger partial charge in [0.15, 0.2) is 0 Å². The molecule has 0 aromatic carbocycles. The molecule has 1 fully saturated rings. The number of unbranched alkanes of at least 4 members (excludes halogenated alkanes) is 12. The molecule has 0 aliphatic carbocycles. The summed E-state index contributed by atoms with van der Waals surface area (Å²) in [7, 11) is 0. The van der Waals surface area contributed by atoms with Gasteiger partial charge in [0.2, 0.25) is 12.2 Å². The SMILES string of the molecule is CCCCC[CH2][Al]1[CH2]CC(CCCCCC)(CCCCCC)[O][Al]1[CH2]CCCCC. The fraction of sp³-hybridized carbons (Fsp3) is 1.00. The molecule has 1 aliphatic rings. The Morgan fingerprint density at radius 2 is 1.03 bits per heavy atom. The highest BCUT2D eigenvalue weighted by molar-refractivity contribution is 7.19. The molecule has 0 spiro atoms. The molecule has 0 saturated carbocycles. The Bertz CT molecular complexity index is 362. The van der Waals surface area contributed by atoms with Crippen LogP contribution in [0.4, 0.5) is 0 Å². The van der Waals surface area contributed by atoms with Crippen LogP contribution in [0.1, 0.15) is 150 Å². The summed E-state index contributed by atoms with van der Waals surface area (Å²) in [5, 5.41) is 4.78. The number of rotatable bonds is 20. The van der Waals surface area contributed by atoms with E-state index in [1.165, 1.54) is 127 Å². The lowest BCUT2D eigenvalue weighted by molar-refractivity contribution is 0.0357. The van der Waals surface area contributed by atoms with Gasteiger partial charge < -0.3 is 3.79 Å². The van der Waals surface area contributed by atoms with Crippen LogP contribution in [0.15, 0.2) is 0 Å². The van der Waals surface area contributed by atoms with Gasteiger partial charge in [-0.1, -0.05) is 141 Å². The molecule has 176 valence electrons. The Hall–Kier alpha value is 1.02. The first-order valence-electron chi connectivity index (χ1n) is 14.4. The van der Waals surface area contributed by atoms with Crippen LogP contribution < -0.4 is 0 Å². The van der Waals surface area contributed by atoms with Crippen molar-refractivity contribution in [3.05, 3.63) is 0 Å². The summed E-state index contributed by atoms with van der Waals surface area (Å²) in [4.78, 5) is 0. The molecule has 1 saturated heterocycles. The van der Waals surface area contributed by atoms with Gasteiger partial charge in [-0.3, -0.25) is 0 Å². The smallest absolute Gasteiger partial charge is 0.378 e. The molecule has 0 unspecified atom stereocenters. The van der Waals surface area contributed by atoms with Crippen molar-refractivity contribution in [1.29, 1.82) is 0 Å². The number of hydrogen-bond acceptors (Lipinski definition) is 1. The summed E-state index contributed by atoms with van der Waals surface area (Å²) in [5.74, 6) is 0. The molecule has 0 bridgehead atoms. The number of hydrogen-bond donors (Lipinski definition) is 0. The van der Waals surface area contributed by atoms with Gasteiger partial charge in [-0.25, -0.2) is 0 Å². The van der Waals surface area contributed by atoms with Crippen LogP contribution in [0.3, 0.4) is 0 Å². The summed E-state index contributed by atoms with van der Waals surface area (Å²) in [5.41, 5.74) is 0.316. The van der Waals surface area contributed by atoms with Gasteiger partial charge in [-0.15, -0.1) is 5.28 Å². The zero-order valence-electron chi connectivity index (χ0n) is 21.6. The highest BCUT2D eigenvalue weighted by Gasteiger charge is 2.46. The Kier molecular flexibility index (Phi) is 18.9. The molecule has 30 heavy (non-hydrogen) atoms. The molecule has 0 N–H and O–H groups in total. The molecule has 0 radical (unpaired) electrons. The van der Waals surface area contributed by atoms with Gasteiger partial charge in [-0.05, 0) is 19.3 Å². The van der Waals surface area contributed by atoms with Crippen LogP contribution in [-0.2, 0) is 3.79 Å². The molecule has 0 amide bonds. The minimum Gasteiger partial charge on any atom is -0.505 e. The molecule has 1 nitrogen and oxygen atoms in total. The van der Waals surface area contributed by atoms with Gasteiger partial charge in [0.1, 0.15) is 0 Å². The molecule has 0 aromatic rings. The van der Waals surface area contributed by atoms with E-state index in [0.717, 1.165) is 0 Å². The van der Waals surface area contributed by atoms with Crippen molar-refractivity contribution in [2.75, 3.05) is 0 Å². The van der Waals surface area contributed by atoms with Gasteiger partial charge in [0.05, 0.1) is 0 Å². The van der Waals surface area contributed by atoms with E-state index in [2.05, 4.69) is 27.7 Å². The fourth-order valence-electron chi connectivity index (χ4n) is 5.58. The van der Waals surface area contributed by atoms with E-state index in [9.17, 15) is 0 Å². The van der Waals surface area contributed by atoms with E-state index in [0.29, 0.717) is 5.60 Å². The van der Waals surface area contributed by atoms with Crippen LogP contribution in [0.5, 0.6) is 0 Å². The van der Waals surface area contributed by atoms with E-state index in [4.69, 9.17) is 3.79 Å². The zero-order chi connectivity index (χ0) is 21.9. The third-order valence-corrected chi connectivity index (χ3v) is 19.2. The molecular weight excluding hydrogens is 394 g/mol. The molecule has 1 aliphatic heterocycles. The van der Waals surface area contributed by atoms with Crippen molar-refractivity contribution in [3.63, 3.8) is 0 Å². The summed E-state index contributed by atoms with van der Waals surface area (Å²) in [6, 6.07) is 0. The summed E-state index contributed by atoms with van der Waals surface area (Å²) in [6.45, 7) is 9.37. The average molecular weight is 451 g/mol. The van der Waals surface area contributed by atoms with E-state index in [1.807, 2.05) is 0 Å². The Morgan fingerprint density at radius 3 is 1.53 bits per heavy atom. The maximum Gasteiger partial charge on any atom is 0.378 e. The summed E-state index contributed by atoms with van der Waals surface area (Å²) >= 11 is -1.53. The second-order valence-corrected chi connectivity index (χ2v) is 20.1. The Morgan fingerprint density at radius 1 is 0.567 bits per heavy atom. The second kappa shape index (κ2) is 19.5. The third kappa shape index (κ3) is 12.9. The van der Waals surface area contributed by atoms with Crippen molar-refractivity contribution in [1.82, 2.24) is 0 Å². The molecule has 1 heterocycles. The summed E-state index contributed by atoms with van der Waals surface area (Å²) in [6.07, 6.45) is 27.0. The second-order valence-electron chi connectivity index (χ2n) is 10.5. The van der Waals surface area contributed by atoms with Crippen LogP contribution >= 0.6 is 0 Å². The van der Waals surface area contributed by atoms with E-state index >= 15 is 0 Å². The summed E-state index contributed by atoms with van der Waals surface area (Å²) < 4.78 is 7.38. The van der Waals surface area contributed by atoms with Gasteiger partial charge in [-0.2, -0.15) is 0 Å². The lowest BCUT2D eigenvalue weighted by Gasteiger charge is -2.44. The van der Waals surface area contributed by atoms with Crippen molar-refractivity contribution in [2.45, 2.75) is 171 Å². The van der Waals surface area contributed by atoms with Crippen LogP contribution in [0.25, 0.3) is 0 Å². The topological polar surface area (TPSA) is 9.23 Å². The van der Waals surface area contributed by atoms with Crippen molar-refractivity contribution in [3.8, 4) is 0 Å². The van der Waals surface area contributed by atoms with E-state index in [1.54, 1.807) is 10.6 Å². The lowest BCUT2D eigenvalue weighted by atomic mass is 9.87. The molecule has 0 aromatic heterocycles. The third-order valence-electron chi connectivity index (χ3n) is 7.64. The van der Waals surface area contributed by atoms with Crippen LogP contribution in [0.2, 0.25) is 15.8 Å². The van der Waals surface area contributed by atoms with Crippen LogP contribution in [-0.4, -0.2) is 30.4 Å². The first-order valence-corrected chi connectivity index (χ1v) is 20.0. The van der Waals surface area contributed by atoms with E-state index < -0.39 is 24.8 Å². The van der Waals surface area contributed by atoms with E-state index in [-0.39, 0.29) is 0 Å². The predicted octanol–water partition coefficient (Wildman–Crippen LogP) is 9.81. The maximum atomic E-state index is 7.38. The molecule has 1 rings (SSSR count). The minimum absolute atomic E-state index is 0.316. The predicted molar refractivity (Wildman–Crippen MR) is 140 cm³/mol. The van der Waals surface area contributed by atoms with Gasteiger partial charge in [0, 0.05) is 5.60 Å². The minimum atomic E-state index is -0.939. The molecular formula is C27H56Al2O. The lowest BCUT2D eigenvalue weighted by Crippen LogP contribution is -2.52. The quantitative estimate of drug-likeness (QED) is 0.132. The highest BCUT2D eigenvalue weighted by atomic mass is 28.1. The highest BCUT2D eigenvalue weighted by Crippen LogP contribution is 2.39. The zero-order valence-corrected chi connectivity index (χ0v) is 23.9. The molecule has 0 atom stereocenters. The van der Waals surface area contributed by atoms with Crippen LogP contribution in [0, 0.1) is 0 Å². The monoisotopic (exact) mass is 450 g/mol. The largest absolute Gasteiger partial charge is 0.505 e. The Balaban J connectivity index is 2.69. The average Bonchev–Trinajstić information content (AvgIpc) is 2.76. The first-order chi connectivity index (χ1) is 14.7. The van der Waals surface area contributed by atoms with Crippen molar-refractivity contribution < 1.29 is 3.79 Å².